The Labute approximate surface area is 153 Å². The fourth-order valence-electron chi connectivity index (χ4n) is 3.89. The maximum absolute atomic E-state index is 3.80. The maximum Gasteiger partial charge on any atom is -0.0181 e. The highest BCUT2D eigenvalue weighted by Crippen LogP contribution is 2.32. The third kappa shape index (κ3) is 4.72. The molecule has 1 atom stereocenters. The Morgan fingerprint density at radius 1 is 1.00 bits per heavy atom. The lowest BCUT2D eigenvalue weighted by Gasteiger charge is -2.25. The normalized spacial score (nSPS) is 16.8. The molecule has 1 aliphatic carbocycles. The van der Waals surface area contributed by atoms with Crippen LogP contribution in [0.3, 0.4) is 0 Å². The molecule has 0 N–H and O–H groups in total. The van der Waals surface area contributed by atoms with Crippen LogP contribution in [0.5, 0.6) is 0 Å². The van der Waals surface area contributed by atoms with E-state index in [9.17, 15) is 0 Å². The smallest absolute Gasteiger partial charge is 0.0181 e. The second-order valence-electron chi connectivity index (χ2n) is 7.26. The summed E-state index contributed by atoms with van der Waals surface area (Å²) in [5.74, 6) is 0.860. The lowest BCUT2D eigenvalue weighted by Crippen LogP contribution is -2.14. The second-order valence-corrected chi connectivity index (χ2v) is 7.26. The van der Waals surface area contributed by atoms with Crippen molar-refractivity contribution in [1.82, 2.24) is 0 Å². The van der Waals surface area contributed by atoms with Crippen molar-refractivity contribution in [2.24, 2.45) is 5.92 Å². The van der Waals surface area contributed by atoms with Crippen molar-refractivity contribution in [1.29, 1.82) is 0 Å². The van der Waals surface area contributed by atoms with Gasteiger partial charge in [0.15, 0.2) is 0 Å². The molecule has 25 heavy (non-hydrogen) atoms. The van der Waals surface area contributed by atoms with E-state index in [1.165, 1.54) is 48.8 Å². The number of allylic oxidation sites excluding steroid dienone is 3. The highest BCUT2D eigenvalue weighted by Gasteiger charge is 2.18. The molecule has 0 aromatic heterocycles. The molecule has 0 amide bonds. The molecule has 0 radical (unpaired) electrons. The van der Waals surface area contributed by atoms with Gasteiger partial charge < -0.3 is 0 Å². The van der Waals surface area contributed by atoms with Crippen molar-refractivity contribution < 1.29 is 0 Å². The van der Waals surface area contributed by atoms with Gasteiger partial charge in [0, 0.05) is 0 Å². The van der Waals surface area contributed by atoms with Gasteiger partial charge in [0.1, 0.15) is 0 Å². The van der Waals surface area contributed by atoms with E-state index < -0.39 is 0 Å². The Bertz CT molecular complexity index is 718. The van der Waals surface area contributed by atoms with Gasteiger partial charge in [-0.1, -0.05) is 60.7 Å². The SMILES string of the molecule is C=CCCc1ccc(-c2ccc3c(c2)CCC(CC/C=C/C)C3)cc1. The van der Waals surface area contributed by atoms with Crippen LogP contribution in [0.15, 0.2) is 67.3 Å². The molecule has 3 rings (SSSR count). The lowest BCUT2D eigenvalue weighted by atomic mass is 9.80. The molecule has 0 fully saturated rings. The van der Waals surface area contributed by atoms with Gasteiger partial charge in [-0.25, -0.2) is 0 Å². The van der Waals surface area contributed by atoms with Crippen molar-refractivity contribution >= 4 is 0 Å². The minimum Gasteiger partial charge on any atom is -0.103 e. The van der Waals surface area contributed by atoms with E-state index in [0.29, 0.717) is 0 Å². The predicted molar refractivity (Wildman–Crippen MR) is 110 cm³/mol. The summed E-state index contributed by atoms with van der Waals surface area (Å²) in [4.78, 5) is 0. The Morgan fingerprint density at radius 2 is 1.80 bits per heavy atom. The molecule has 0 saturated heterocycles. The van der Waals surface area contributed by atoms with E-state index in [-0.39, 0.29) is 0 Å². The van der Waals surface area contributed by atoms with Crippen molar-refractivity contribution in [2.75, 3.05) is 0 Å². The van der Waals surface area contributed by atoms with Gasteiger partial charge in [-0.2, -0.15) is 0 Å². The zero-order valence-electron chi connectivity index (χ0n) is 15.5. The number of hydrogen-bond donors (Lipinski definition) is 0. The van der Waals surface area contributed by atoms with Gasteiger partial charge in [0.25, 0.3) is 0 Å². The summed E-state index contributed by atoms with van der Waals surface area (Å²) in [5.41, 5.74) is 7.23. The van der Waals surface area contributed by atoms with Crippen molar-refractivity contribution in [3.05, 3.63) is 84.0 Å². The van der Waals surface area contributed by atoms with Crippen LogP contribution in [-0.4, -0.2) is 0 Å². The molecule has 0 spiro atoms. The second kappa shape index (κ2) is 8.85. The van der Waals surface area contributed by atoms with Gasteiger partial charge in [-0.3, -0.25) is 0 Å². The summed E-state index contributed by atoms with van der Waals surface area (Å²) in [6.45, 7) is 5.92. The number of hydrogen-bond acceptors (Lipinski definition) is 0. The van der Waals surface area contributed by atoms with E-state index in [0.717, 1.165) is 18.8 Å². The van der Waals surface area contributed by atoms with Gasteiger partial charge in [-0.15, -0.1) is 6.58 Å². The van der Waals surface area contributed by atoms with Gasteiger partial charge in [0.05, 0.1) is 0 Å². The molecule has 1 aliphatic rings. The zero-order valence-corrected chi connectivity index (χ0v) is 15.5. The topological polar surface area (TPSA) is 0 Å². The van der Waals surface area contributed by atoms with Gasteiger partial charge >= 0.3 is 0 Å². The van der Waals surface area contributed by atoms with Crippen LogP contribution in [0.4, 0.5) is 0 Å². The fourth-order valence-corrected chi connectivity index (χ4v) is 3.89. The van der Waals surface area contributed by atoms with Gasteiger partial charge in [-0.05, 0) is 85.6 Å². The molecule has 130 valence electrons. The molecule has 0 nitrogen and oxygen atoms in total. The first-order valence-electron chi connectivity index (χ1n) is 9.73. The number of rotatable bonds is 7. The minimum atomic E-state index is 0.860. The Hall–Kier alpha value is -2.08. The zero-order chi connectivity index (χ0) is 17.5. The van der Waals surface area contributed by atoms with Crippen LogP contribution < -0.4 is 0 Å². The molecular weight excluding hydrogens is 300 g/mol. The molecule has 0 heteroatoms. The standard InChI is InChI=1S/C25H30/c1-3-5-7-9-21-12-15-25-19-24(17-16-23(25)18-21)22-13-10-20(11-14-22)8-6-4-2/h3-5,10-11,13-14,16-17,19,21H,2,6-9,12,15,18H2,1H3/b5-3+. The molecule has 0 aliphatic heterocycles. The average Bonchev–Trinajstić information content (AvgIpc) is 2.66. The minimum absolute atomic E-state index is 0.860. The summed E-state index contributed by atoms with van der Waals surface area (Å²) in [6.07, 6.45) is 15.0. The van der Waals surface area contributed by atoms with Crippen molar-refractivity contribution in [3.63, 3.8) is 0 Å². The lowest BCUT2D eigenvalue weighted by molar-refractivity contribution is 0.430. The van der Waals surface area contributed by atoms with Crippen LogP contribution in [0.2, 0.25) is 0 Å². The van der Waals surface area contributed by atoms with E-state index >= 15 is 0 Å². The van der Waals surface area contributed by atoms with Crippen LogP contribution >= 0.6 is 0 Å². The van der Waals surface area contributed by atoms with Crippen LogP contribution in [-0.2, 0) is 19.3 Å². The van der Waals surface area contributed by atoms with Crippen LogP contribution in [0.1, 0.15) is 49.3 Å². The third-order valence-electron chi connectivity index (χ3n) is 5.44. The number of fused-ring (bicyclic) bond motifs is 1. The number of benzene rings is 2. The summed E-state index contributed by atoms with van der Waals surface area (Å²) in [6, 6.07) is 16.2. The van der Waals surface area contributed by atoms with E-state index in [1.54, 1.807) is 11.1 Å². The largest absolute Gasteiger partial charge is 0.103 e. The first kappa shape index (κ1) is 17.7. The summed E-state index contributed by atoms with van der Waals surface area (Å²) < 4.78 is 0. The van der Waals surface area contributed by atoms with Crippen LogP contribution in [0, 0.1) is 5.92 Å². The van der Waals surface area contributed by atoms with E-state index in [1.807, 2.05) is 6.08 Å². The molecule has 0 heterocycles. The van der Waals surface area contributed by atoms with Gasteiger partial charge in [0.2, 0.25) is 0 Å². The maximum atomic E-state index is 3.80. The number of aryl methyl sites for hydroxylation is 2. The monoisotopic (exact) mass is 330 g/mol. The Morgan fingerprint density at radius 3 is 2.56 bits per heavy atom. The quantitative estimate of drug-likeness (QED) is 0.483. The molecule has 2 aromatic rings. The van der Waals surface area contributed by atoms with Crippen molar-refractivity contribution in [3.8, 4) is 11.1 Å². The predicted octanol–water partition coefficient (Wildman–Crippen LogP) is 6.93. The molecule has 1 unspecified atom stereocenters. The highest BCUT2D eigenvalue weighted by molar-refractivity contribution is 5.65. The first-order chi connectivity index (χ1) is 12.3. The molecule has 0 saturated carbocycles. The average molecular weight is 331 g/mol. The summed E-state index contributed by atoms with van der Waals surface area (Å²) in [7, 11) is 0. The third-order valence-corrected chi connectivity index (χ3v) is 5.44. The summed E-state index contributed by atoms with van der Waals surface area (Å²) >= 11 is 0. The fraction of sp³-hybridized carbons (Fsp3) is 0.360. The molecule has 0 bridgehead atoms. The molecule has 2 aromatic carbocycles. The van der Waals surface area contributed by atoms with E-state index in [4.69, 9.17) is 0 Å². The van der Waals surface area contributed by atoms with E-state index in [2.05, 4.69) is 68.1 Å². The Kier molecular flexibility index (Phi) is 6.28. The Balaban J connectivity index is 1.68. The molecular formula is C25H30. The van der Waals surface area contributed by atoms with Crippen molar-refractivity contribution in [2.45, 2.75) is 51.9 Å². The first-order valence-corrected chi connectivity index (χ1v) is 9.73. The highest BCUT2D eigenvalue weighted by atomic mass is 14.2. The van der Waals surface area contributed by atoms with Crippen LogP contribution in [0.25, 0.3) is 11.1 Å². The summed E-state index contributed by atoms with van der Waals surface area (Å²) in [5, 5.41) is 0.